The highest BCUT2D eigenvalue weighted by atomic mass is 32.1. The number of amides is 1. The molecule has 9 nitrogen and oxygen atoms in total. The predicted molar refractivity (Wildman–Crippen MR) is 96.1 cm³/mol. The zero-order valence-electron chi connectivity index (χ0n) is 14.5. The van der Waals surface area contributed by atoms with Gasteiger partial charge in [-0.05, 0) is 5.56 Å². The van der Waals surface area contributed by atoms with Gasteiger partial charge in [0.15, 0.2) is 0 Å². The van der Waals surface area contributed by atoms with Crippen molar-refractivity contribution >= 4 is 24.5 Å². The number of aliphatic carboxylic acids is 1. The molecule has 27 heavy (non-hydrogen) atoms. The molecule has 1 fully saturated rings. The number of carboxylic acids is 1. The molecule has 1 aliphatic heterocycles. The summed E-state index contributed by atoms with van der Waals surface area (Å²) in [6, 6.07) is 6.88. The van der Waals surface area contributed by atoms with E-state index in [-0.39, 0.29) is 0 Å². The second-order valence-corrected chi connectivity index (χ2v) is 7.09. The van der Waals surface area contributed by atoms with E-state index in [1.165, 1.54) is 6.92 Å². The normalized spacial score (nSPS) is 33.1. The summed E-state index contributed by atoms with van der Waals surface area (Å²) in [5.41, 5.74) is 0.397. The van der Waals surface area contributed by atoms with Crippen molar-refractivity contribution in [1.82, 2.24) is 5.32 Å². The molecule has 2 rings (SSSR count). The Kier molecular flexibility index (Phi) is 6.84. The van der Waals surface area contributed by atoms with Gasteiger partial charge in [-0.15, -0.1) is 12.6 Å². The molecule has 150 valence electrons. The van der Waals surface area contributed by atoms with Gasteiger partial charge in [0.2, 0.25) is 10.8 Å². The van der Waals surface area contributed by atoms with E-state index in [1.807, 2.05) is 0 Å². The summed E-state index contributed by atoms with van der Waals surface area (Å²) in [5, 5.41) is 52.2. The van der Waals surface area contributed by atoms with Crippen LogP contribution in [0, 0.1) is 0 Å². The van der Waals surface area contributed by atoms with Crippen LogP contribution in [0.3, 0.4) is 0 Å². The monoisotopic (exact) mass is 401 g/mol. The Hall–Kier alpha value is -1.69. The lowest BCUT2D eigenvalue weighted by Crippen LogP contribution is -2.68. The van der Waals surface area contributed by atoms with Crippen LogP contribution >= 0.6 is 12.6 Å². The maximum absolute atomic E-state index is 11.9. The zero-order valence-corrected chi connectivity index (χ0v) is 15.4. The molecule has 1 saturated heterocycles. The number of benzene rings is 1. The van der Waals surface area contributed by atoms with E-state index < -0.39 is 59.8 Å². The van der Waals surface area contributed by atoms with Crippen LogP contribution in [0.2, 0.25) is 0 Å². The van der Waals surface area contributed by atoms with Crippen LogP contribution < -0.4 is 5.32 Å². The first-order valence-electron chi connectivity index (χ1n) is 8.24. The number of aliphatic hydroxyl groups is 4. The second-order valence-electron chi connectivity index (χ2n) is 6.43. The fourth-order valence-corrected chi connectivity index (χ4v) is 3.69. The fourth-order valence-electron chi connectivity index (χ4n) is 3.27. The molecule has 10 heteroatoms. The third kappa shape index (κ3) is 4.26. The number of rotatable bonds is 6. The predicted octanol–water partition coefficient (Wildman–Crippen LogP) is -1.54. The highest BCUT2D eigenvalue weighted by molar-refractivity contribution is 7.82. The van der Waals surface area contributed by atoms with E-state index in [2.05, 4.69) is 17.9 Å². The summed E-state index contributed by atoms with van der Waals surface area (Å²) in [4.78, 5) is 21.3. The molecule has 6 N–H and O–H groups in total. The fraction of sp³-hybridized carbons (Fsp3) is 0.529. The van der Waals surface area contributed by atoms with E-state index >= 15 is 0 Å². The third-order valence-corrected chi connectivity index (χ3v) is 5.13. The molecule has 0 radical (unpaired) electrons. The van der Waals surface area contributed by atoms with Crippen LogP contribution in [0.25, 0.3) is 0 Å². The molecule has 7 atom stereocenters. The summed E-state index contributed by atoms with van der Waals surface area (Å²) in [5.74, 6) is -3.28. The molecule has 1 aliphatic rings. The lowest BCUT2D eigenvalue weighted by molar-refractivity contribution is -0.211. The van der Waals surface area contributed by atoms with E-state index in [0.717, 1.165) is 0 Å². The zero-order chi connectivity index (χ0) is 20.4. The quantitative estimate of drug-likeness (QED) is 0.283. The van der Waals surface area contributed by atoms with Crippen LogP contribution in [0.4, 0.5) is 0 Å². The molecule has 1 aromatic rings. The third-order valence-electron chi connectivity index (χ3n) is 4.55. The number of thiol groups is 1. The maximum Gasteiger partial charge on any atom is 0.347 e. The number of aliphatic hydroxyl groups excluding tert-OH is 4. The molecule has 0 bridgehead atoms. The Labute approximate surface area is 161 Å². The smallest absolute Gasteiger partial charge is 0.347 e. The van der Waals surface area contributed by atoms with Crippen molar-refractivity contribution in [3.8, 4) is 0 Å². The lowest BCUT2D eigenvalue weighted by Gasteiger charge is -2.50. The van der Waals surface area contributed by atoms with Gasteiger partial charge in [0.05, 0.1) is 24.7 Å². The Morgan fingerprint density at radius 2 is 1.89 bits per heavy atom. The first kappa shape index (κ1) is 21.6. The van der Waals surface area contributed by atoms with E-state index in [4.69, 9.17) is 9.84 Å². The van der Waals surface area contributed by atoms with Crippen molar-refractivity contribution in [1.29, 1.82) is 0 Å². The van der Waals surface area contributed by atoms with Crippen molar-refractivity contribution in [2.24, 2.45) is 0 Å². The highest BCUT2D eigenvalue weighted by Gasteiger charge is 2.59. The van der Waals surface area contributed by atoms with Gasteiger partial charge in [-0.1, -0.05) is 30.3 Å². The van der Waals surface area contributed by atoms with Gasteiger partial charge in [-0.2, -0.15) is 0 Å². The number of carbonyl (C=O) groups excluding carboxylic acids is 1. The Balaban J connectivity index is 2.54. The average Bonchev–Trinajstić information content (AvgIpc) is 2.63. The number of nitrogens with one attached hydrogen (secondary N) is 1. The largest absolute Gasteiger partial charge is 0.478 e. The topological polar surface area (TPSA) is 157 Å². The summed E-state index contributed by atoms with van der Waals surface area (Å²) in [6.07, 6.45) is -6.54. The van der Waals surface area contributed by atoms with Gasteiger partial charge in [0, 0.05) is 6.92 Å². The van der Waals surface area contributed by atoms with Crippen LogP contribution in [-0.4, -0.2) is 79.4 Å². The molecule has 1 heterocycles. The number of carboxylic acid groups (broad SMARTS) is 1. The van der Waals surface area contributed by atoms with Crippen LogP contribution in [0.5, 0.6) is 0 Å². The maximum atomic E-state index is 11.9. The molecule has 1 unspecified atom stereocenters. The Bertz CT molecular complexity index is 674. The van der Waals surface area contributed by atoms with Crippen LogP contribution in [0.15, 0.2) is 30.3 Å². The van der Waals surface area contributed by atoms with Gasteiger partial charge in [-0.25, -0.2) is 4.79 Å². The van der Waals surface area contributed by atoms with Crippen molar-refractivity contribution in [3.05, 3.63) is 35.9 Å². The second kappa shape index (κ2) is 8.55. The summed E-state index contributed by atoms with van der Waals surface area (Å²) in [7, 11) is 0. The summed E-state index contributed by atoms with van der Waals surface area (Å²) in [6.45, 7) is 0.342. The summed E-state index contributed by atoms with van der Waals surface area (Å²) < 4.78 is 5.54. The molecular weight excluding hydrogens is 378 g/mol. The van der Waals surface area contributed by atoms with Crippen molar-refractivity contribution < 1.29 is 39.9 Å². The number of hydrogen-bond donors (Lipinski definition) is 7. The Morgan fingerprint density at radius 3 is 2.37 bits per heavy atom. The number of carbonyl (C=O) groups is 2. The molecule has 0 spiro atoms. The van der Waals surface area contributed by atoms with Crippen molar-refractivity contribution in [2.45, 2.75) is 48.2 Å². The first-order chi connectivity index (χ1) is 12.6. The lowest BCUT2D eigenvalue weighted by atomic mass is 9.78. The minimum absolute atomic E-state index is 0.397. The Morgan fingerprint density at radius 1 is 1.30 bits per heavy atom. The minimum atomic E-state index is -2.27. The number of ether oxygens (including phenoxy) is 1. The van der Waals surface area contributed by atoms with Crippen LogP contribution in [-0.2, 0) is 14.3 Å². The molecule has 1 amide bonds. The minimum Gasteiger partial charge on any atom is -0.478 e. The van der Waals surface area contributed by atoms with Gasteiger partial charge in [0.25, 0.3) is 0 Å². The van der Waals surface area contributed by atoms with Crippen molar-refractivity contribution in [2.75, 3.05) is 6.61 Å². The first-order valence-corrected chi connectivity index (χ1v) is 8.68. The molecule has 0 aliphatic carbocycles. The van der Waals surface area contributed by atoms with Gasteiger partial charge in [-0.3, -0.25) is 4.79 Å². The molecular formula is C17H23NO8S. The van der Waals surface area contributed by atoms with E-state index in [1.54, 1.807) is 30.3 Å². The van der Waals surface area contributed by atoms with Gasteiger partial charge < -0.3 is 35.6 Å². The molecule has 1 aromatic carbocycles. The highest BCUT2D eigenvalue weighted by Crippen LogP contribution is 2.45. The van der Waals surface area contributed by atoms with E-state index in [0.29, 0.717) is 5.56 Å². The number of hydrogen-bond acceptors (Lipinski definition) is 8. The van der Waals surface area contributed by atoms with Crippen LogP contribution in [0.1, 0.15) is 18.4 Å². The standard InChI is InChI=1S/C17H23NO8S/c1-8(20)18-12-14(23)11(9-5-3-2-4-6-9)17(27,16(24)25)26-15(12)13(22)10(21)7-19/h2-6,10-15,19,21-23,27H,7H2,1H3,(H,18,20)(H,24,25)/t10-,11?,12-,13-,14+,15-,17-/m1/s1. The van der Waals surface area contributed by atoms with Gasteiger partial charge >= 0.3 is 5.97 Å². The van der Waals surface area contributed by atoms with E-state index in [9.17, 15) is 30.0 Å². The molecule has 0 saturated carbocycles. The summed E-state index contributed by atoms with van der Waals surface area (Å²) >= 11 is 4.14. The molecule has 0 aromatic heterocycles. The van der Waals surface area contributed by atoms with Crippen molar-refractivity contribution in [3.63, 3.8) is 0 Å². The average molecular weight is 401 g/mol. The SMILES string of the molecule is CC(=O)N[C@H]1[C@H]([C@H](O)[C@H](O)CO)O[C@](S)(C(=O)O)C(c2ccccc2)[C@@H]1O. The van der Waals surface area contributed by atoms with Gasteiger partial charge in [0.1, 0.15) is 18.3 Å².